The molecule has 0 unspecified atom stereocenters. The molecule has 2 aromatic carbocycles. The van der Waals surface area contributed by atoms with E-state index in [0.29, 0.717) is 23.3 Å². The van der Waals surface area contributed by atoms with Gasteiger partial charge < -0.3 is 10.6 Å². The van der Waals surface area contributed by atoms with Gasteiger partial charge in [-0.2, -0.15) is 0 Å². The van der Waals surface area contributed by atoms with E-state index in [1.54, 1.807) is 49.3 Å². The van der Waals surface area contributed by atoms with E-state index in [4.69, 9.17) is 0 Å². The number of aryl methyl sites for hydroxylation is 2. The molecule has 11 heteroatoms. The Morgan fingerprint density at radius 1 is 0.651 bits per heavy atom. The van der Waals surface area contributed by atoms with Crippen LogP contribution in [0.15, 0.2) is 115 Å². The first-order chi connectivity index (χ1) is 21.0. The molecule has 0 aliphatic carbocycles. The summed E-state index contributed by atoms with van der Waals surface area (Å²) in [6, 6.07) is 22.3. The molecule has 0 amide bonds. The normalized spacial score (nSPS) is 11.3. The number of aromatic nitrogens is 6. The van der Waals surface area contributed by atoms with Crippen LogP contribution in [0.2, 0.25) is 0 Å². The van der Waals surface area contributed by atoms with Crippen molar-refractivity contribution < 1.29 is 10.1 Å². The average molecular weight is 568 g/mol. The first kappa shape index (κ1) is 27.1. The Balaban J connectivity index is 1.22. The lowest BCUT2D eigenvalue weighted by molar-refractivity contribution is -0.761. The van der Waals surface area contributed by atoms with Crippen LogP contribution < -0.4 is 10.6 Å². The summed E-state index contributed by atoms with van der Waals surface area (Å²) in [6.07, 6.45) is 10.3. The summed E-state index contributed by atoms with van der Waals surface area (Å²) < 4.78 is 0. The smallest absolute Gasteiger partial charge is 0.291 e. The van der Waals surface area contributed by atoms with Crippen molar-refractivity contribution in [2.75, 3.05) is 10.6 Å². The van der Waals surface area contributed by atoms with Crippen molar-refractivity contribution in [2.45, 2.75) is 13.8 Å². The second-order valence-corrected chi connectivity index (χ2v) is 9.65. The van der Waals surface area contributed by atoms with Crippen LogP contribution in [0.25, 0.3) is 22.5 Å². The van der Waals surface area contributed by atoms with Gasteiger partial charge in [-0.3, -0.25) is 15.2 Å². The minimum absolute atomic E-state index is 0.423. The van der Waals surface area contributed by atoms with E-state index in [2.05, 4.69) is 45.7 Å². The SMILES string of the molecule is Cc1ccc(N=[N+](O)c2ccc(C)c(Nc3nccc(-c4cccnc4)n3)c2)cc1Nc1nccc(-c2cccnc2)n1. The fourth-order valence-electron chi connectivity index (χ4n) is 4.27. The summed E-state index contributed by atoms with van der Waals surface area (Å²) in [5, 5.41) is 21.8. The van der Waals surface area contributed by atoms with Gasteiger partial charge >= 0.3 is 0 Å². The summed E-state index contributed by atoms with van der Waals surface area (Å²) >= 11 is 0. The van der Waals surface area contributed by atoms with Gasteiger partial charge in [-0.15, -0.1) is 0 Å². The molecule has 4 aromatic heterocycles. The average Bonchev–Trinajstić information content (AvgIpc) is 3.05. The van der Waals surface area contributed by atoms with Gasteiger partial charge in [-0.05, 0) is 73.5 Å². The summed E-state index contributed by atoms with van der Waals surface area (Å²) in [6.45, 7) is 3.93. The van der Waals surface area contributed by atoms with E-state index >= 15 is 0 Å². The van der Waals surface area contributed by atoms with Crippen molar-refractivity contribution in [3.63, 3.8) is 0 Å². The second kappa shape index (κ2) is 12.2. The van der Waals surface area contributed by atoms with Crippen molar-refractivity contribution in [1.29, 1.82) is 0 Å². The quantitative estimate of drug-likeness (QED) is 0.0981. The molecule has 210 valence electrons. The zero-order valence-corrected chi connectivity index (χ0v) is 23.4. The maximum absolute atomic E-state index is 10.9. The molecule has 0 fully saturated rings. The number of azo groups is 1. The van der Waals surface area contributed by atoms with Crippen LogP contribution in [0.3, 0.4) is 0 Å². The van der Waals surface area contributed by atoms with Gasteiger partial charge in [0.15, 0.2) is 0 Å². The van der Waals surface area contributed by atoms with E-state index in [-0.39, 0.29) is 0 Å². The molecule has 3 N–H and O–H groups in total. The van der Waals surface area contributed by atoms with E-state index in [0.717, 1.165) is 49.9 Å². The topological polar surface area (TPSA) is 137 Å². The van der Waals surface area contributed by atoms with Crippen LogP contribution in [0.5, 0.6) is 0 Å². The number of benzene rings is 2. The lowest BCUT2D eigenvalue weighted by atomic mass is 10.2. The van der Waals surface area contributed by atoms with E-state index < -0.39 is 0 Å². The Kier molecular flexibility index (Phi) is 7.68. The molecule has 0 saturated heterocycles. The predicted molar refractivity (Wildman–Crippen MR) is 163 cm³/mol. The molecular formula is C32H27N10O+. The van der Waals surface area contributed by atoms with E-state index in [1.165, 1.54) is 0 Å². The Morgan fingerprint density at radius 3 is 1.77 bits per heavy atom. The number of hydrogen-bond donors (Lipinski definition) is 3. The number of anilines is 4. The second-order valence-electron chi connectivity index (χ2n) is 9.65. The highest BCUT2D eigenvalue weighted by Crippen LogP contribution is 2.29. The first-order valence-corrected chi connectivity index (χ1v) is 13.4. The fourth-order valence-corrected chi connectivity index (χ4v) is 4.27. The number of pyridine rings is 2. The standard InChI is InChI=1S/C32H27N10O/c1-21-7-9-25(17-29(21)39-31-35-15-11-27(37-31)23-5-3-13-33-19-23)41-42(43)26-10-8-22(2)30(18-26)40-32-36-16-12-28(38-32)24-6-4-14-34-20-24/h3-20H,1-2H3,(H,41,43)(H,35,37,39)(H,36,38,40)/q+1. The lowest BCUT2D eigenvalue weighted by Crippen LogP contribution is -2.02. The van der Waals surface area contributed by atoms with Gasteiger partial charge in [0.25, 0.3) is 5.69 Å². The van der Waals surface area contributed by atoms with Gasteiger partial charge in [-0.1, -0.05) is 12.1 Å². The third kappa shape index (κ3) is 6.46. The molecule has 4 heterocycles. The Hall–Kier alpha value is -6.10. The Bertz CT molecular complexity index is 1910. The summed E-state index contributed by atoms with van der Waals surface area (Å²) in [4.78, 5) is 27.1. The molecule has 0 aliphatic heterocycles. The lowest BCUT2D eigenvalue weighted by Gasteiger charge is -2.09. The molecule has 0 aliphatic rings. The van der Waals surface area contributed by atoms with Crippen molar-refractivity contribution >= 4 is 34.6 Å². The minimum atomic E-state index is 0.423. The largest absolute Gasteiger partial charge is 0.324 e. The Labute approximate surface area is 247 Å². The van der Waals surface area contributed by atoms with Gasteiger partial charge in [-0.25, -0.2) is 19.9 Å². The van der Waals surface area contributed by atoms with Crippen LogP contribution in [-0.2, 0) is 0 Å². The van der Waals surface area contributed by atoms with E-state index in [1.807, 2.05) is 74.5 Å². The summed E-state index contributed by atoms with van der Waals surface area (Å²) in [5.41, 5.74) is 7.67. The number of rotatable bonds is 8. The molecule has 43 heavy (non-hydrogen) atoms. The fraction of sp³-hybridized carbons (Fsp3) is 0.0625. The number of hydrogen-bond acceptors (Lipinski definition) is 9. The minimum Gasteiger partial charge on any atom is -0.324 e. The third-order valence-corrected chi connectivity index (χ3v) is 6.60. The van der Waals surface area contributed by atoms with Gasteiger partial charge in [0.2, 0.25) is 11.9 Å². The maximum Gasteiger partial charge on any atom is 0.291 e. The zero-order chi connectivity index (χ0) is 29.6. The number of nitrogens with zero attached hydrogens (tertiary/aromatic N) is 8. The molecule has 0 radical (unpaired) electrons. The molecule has 6 rings (SSSR count). The first-order valence-electron chi connectivity index (χ1n) is 13.4. The van der Waals surface area contributed by atoms with Crippen molar-refractivity contribution in [3.05, 3.63) is 121 Å². The van der Waals surface area contributed by atoms with Crippen molar-refractivity contribution in [2.24, 2.45) is 5.11 Å². The van der Waals surface area contributed by atoms with Crippen LogP contribution in [-0.4, -0.2) is 40.0 Å². The highest BCUT2D eigenvalue weighted by Gasteiger charge is 2.15. The van der Waals surface area contributed by atoms with Gasteiger partial charge in [0, 0.05) is 66.1 Å². The summed E-state index contributed by atoms with van der Waals surface area (Å²) in [7, 11) is 0. The zero-order valence-electron chi connectivity index (χ0n) is 23.4. The van der Waals surface area contributed by atoms with Crippen molar-refractivity contribution in [3.8, 4) is 22.5 Å². The number of nitrogens with one attached hydrogen (secondary N) is 2. The molecule has 0 saturated carbocycles. The van der Waals surface area contributed by atoms with Gasteiger partial charge in [0.05, 0.1) is 22.2 Å². The molecule has 0 bridgehead atoms. The van der Waals surface area contributed by atoms with Crippen LogP contribution >= 0.6 is 0 Å². The maximum atomic E-state index is 10.9. The highest BCUT2D eigenvalue weighted by molar-refractivity contribution is 5.66. The van der Waals surface area contributed by atoms with Crippen molar-refractivity contribution in [1.82, 2.24) is 29.9 Å². The molecular weight excluding hydrogens is 540 g/mol. The summed E-state index contributed by atoms with van der Waals surface area (Å²) in [5.74, 6) is 0.860. The van der Waals surface area contributed by atoms with Crippen LogP contribution in [0.1, 0.15) is 11.1 Å². The van der Waals surface area contributed by atoms with E-state index in [9.17, 15) is 5.21 Å². The Morgan fingerprint density at radius 2 is 1.21 bits per heavy atom. The molecule has 0 atom stereocenters. The van der Waals surface area contributed by atoms with Crippen LogP contribution in [0, 0.1) is 13.8 Å². The monoisotopic (exact) mass is 567 g/mol. The molecule has 6 aromatic rings. The predicted octanol–water partition coefficient (Wildman–Crippen LogP) is 7.31. The van der Waals surface area contributed by atoms with Gasteiger partial charge in [0.1, 0.15) is 10.5 Å². The van der Waals surface area contributed by atoms with Crippen LogP contribution in [0.4, 0.5) is 34.6 Å². The molecule has 11 nitrogen and oxygen atoms in total. The molecule has 0 spiro atoms. The third-order valence-electron chi connectivity index (χ3n) is 6.60. The highest BCUT2D eigenvalue weighted by atomic mass is 16.5.